The number of aryl methyl sites for hydroxylation is 2. The summed E-state index contributed by atoms with van der Waals surface area (Å²) in [7, 11) is 1.63. The van der Waals surface area contributed by atoms with Crippen LogP contribution < -0.4 is 10.1 Å². The van der Waals surface area contributed by atoms with Gasteiger partial charge in [-0.25, -0.2) is 5.01 Å². The summed E-state index contributed by atoms with van der Waals surface area (Å²) >= 11 is 7.37. The predicted molar refractivity (Wildman–Crippen MR) is 153 cm³/mol. The molecule has 1 N–H and O–H groups in total. The number of hydrogen-bond donors (Lipinski definition) is 1. The molecule has 2 aliphatic heterocycles. The fourth-order valence-corrected chi connectivity index (χ4v) is 5.58. The Morgan fingerprint density at radius 2 is 1.82 bits per heavy atom. The van der Waals surface area contributed by atoms with Gasteiger partial charge in [-0.05, 0) is 72.5 Å². The molecule has 0 fully saturated rings. The molecule has 2 atom stereocenters. The molecule has 0 saturated heterocycles. The van der Waals surface area contributed by atoms with Crippen LogP contribution in [0.2, 0.25) is 5.02 Å². The van der Waals surface area contributed by atoms with E-state index in [9.17, 15) is 9.59 Å². The Morgan fingerprint density at radius 3 is 2.50 bits per heavy atom. The van der Waals surface area contributed by atoms with Crippen molar-refractivity contribution in [3.8, 4) is 5.75 Å². The molecule has 2 amide bonds. The molecule has 2 aliphatic rings. The summed E-state index contributed by atoms with van der Waals surface area (Å²) in [6.45, 7) is 4.02. The van der Waals surface area contributed by atoms with Gasteiger partial charge >= 0.3 is 0 Å². The van der Waals surface area contributed by atoms with Gasteiger partial charge in [0.1, 0.15) is 11.0 Å². The number of benzene rings is 3. The van der Waals surface area contributed by atoms with E-state index in [4.69, 9.17) is 21.4 Å². The van der Waals surface area contributed by atoms with E-state index in [0.29, 0.717) is 22.3 Å². The molecule has 3 aromatic carbocycles. The zero-order valence-electron chi connectivity index (χ0n) is 21.3. The monoisotopic (exact) mass is 546 g/mol. The van der Waals surface area contributed by atoms with Crippen molar-refractivity contribution in [3.05, 3.63) is 94.0 Å². The second kappa shape index (κ2) is 11.0. The minimum Gasteiger partial charge on any atom is -0.497 e. The Kier molecular flexibility index (Phi) is 7.53. The third kappa shape index (κ3) is 5.61. The van der Waals surface area contributed by atoms with E-state index in [1.54, 1.807) is 12.1 Å². The van der Waals surface area contributed by atoms with Crippen LogP contribution in [0.1, 0.15) is 41.1 Å². The highest BCUT2D eigenvalue weighted by Crippen LogP contribution is 2.39. The maximum Gasteiger partial charge on any atom is 0.262 e. The van der Waals surface area contributed by atoms with E-state index in [1.807, 2.05) is 80.6 Å². The van der Waals surface area contributed by atoms with Crippen LogP contribution in [0.4, 0.5) is 5.69 Å². The first-order chi connectivity index (χ1) is 18.3. The van der Waals surface area contributed by atoms with Crippen molar-refractivity contribution in [2.45, 2.75) is 38.0 Å². The van der Waals surface area contributed by atoms with Crippen molar-refractivity contribution in [2.75, 3.05) is 12.4 Å². The number of amidine groups is 1. The van der Waals surface area contributed by atoms with Gasteiger partial charge in [-0.3, -0.25) is 9.59 Å². The van der Waals surface area contributed by atoms with E-state index in [1.165, 1.54) is 11.8 Å². The molecular weight excluding hydrogens is 520 g/mol. The van der Waals surface area contributed by atoms with Crippen molar-refractivity contribution in [1.29, 1.82) is 0 Å². The van der Waals surface area contributed by atoms with E-state index in [0.717, 1.165) is 33.7 Å². The van der Waals surface area contributed by atoms with Crippen molar-refractivity contribution in [1.82, 2.24) is 5.01 Å². The first-order valence-electron chi connectivity index (χ1n) is 12.2. The minimum atomic E-state index is -0.608. The van der Waals surface area contributed by atoms with Gasteiger partial charge in [0.05, 0.1) is 18.9 Å². The smallest absolute Gasteiger partial charge is 0.262 e. The molecule has 7 nitrogen and oxygen atoms in total. The predicted octanol–water partition coefficient (Wildman–Crippen LogP) is 6.14. The van der Waals surface area contributed by atoms with Gasteiger partial charge in [0.15, 0.2) is 5.17 Å². The highest BCUT2D eigenvalue weighted by atomic mass is 35.5. The van der Waals surface area contributed by atoms with Crippen molar-refractivity contribution in [3.63, 3.8) is 0 Å². The lowest BCUT2D eigenvalue weighted by Gasteiger charge is -2.23. The molecule has 0 unspecified atom stereocenters. The van der Waals surface area contributed by atoms with Gasteiger partial charge in [-0.15, -0.1) is 0 Å². The van der Waals surface area contributed by atoms with Crippen LogP contribution in [0.25, 0.3) is 0 Å². The van der Waals surface area contributed by atoms with Crippen LogP contribution in [-0.2, 0) is 9.59 Å². The molecule has 0 spiro atoms. The average molecular weight is 547 g/mol. The number of aliphatic imine (C=N–C) groups is 1. The third-order valence-electron chi connectivity index (χ3n) is 6.67. The molecule has 0 radical (unpaired) electrons. The molecule has 0 bridgehead atoms. The number of halogens is 1. The maximum absolute atomic E-state index is 12.8. The molecule has 194 valence electrons. The van der Waals surface area contributed by atoms with Crippen LogP contribution >= 0.6 is 23.4 Å². The number of methoxy groups -OCH3 is 1. The summed E-state index contributed by atoms with van der Waals surface area (Å²) in [6.07, 6.45) is 0.651. The number of thioether (sulfide) groups is 1. The lowest BCUT2D eigenvalue weighted by atomic mass is 9.98. The van der Waals surface area contributed by atoms with Crippen LogP contribution in [0.15, 0.2) is 76.8 Å². The summed E-state index contributed by atoms with van der Waals surface area (Å²) in [5, 5.41) is 10.1. The fourth-order valence-electron chi connectivity index (χ4n) is 4.39. The Balaban J connectivity index is 1.34. The molecule has 5 rings (SSSR count). The third-order valence-corrected chi connectivity index (χ3v) is 8.07. The molecule has 2 heterocycles. The highest BCUT2D eigenvalue weighted by molar-refractivity contribution is 8.15. The van der Waals surface area contributed by atoms with Crippen molar-refractivity contribution in [2.24, 2.45) is 10.1 Å². The molecule has 9 heteroatoms. The first-order valence-corrected chi connectivity index (χ1v) is 13.5. The van der Waals surface area contributed by atoms with Gasteiger partial charge in [-0.1, -0.05) is 53.7 Å². The van der Waals surface area contributed by atoms with Gasteiger partial charge < -0.3 is 10.1 Å². The maximum atomic E-state index is 12.8. The van der Waals surface area contributed by atoms with Crippen LogP contribution in [0.5, 0.6) is 5.75 Å². The second-order valence-corrected chi connectivity index (χ2v) is 10.9. The van der Waals surface area contributed by atoms with Gasteiger partial charge in [0.2, 0.25) is 5.91 Å². The van der Waals surface area contributed by atoms with Crippen molar-refractivity contribution >= 4 is 51.7 Å². The zero-order valence-corrected chi connectivity index (χ0v) is 22.8. The summed E-state index contributed by atoms with van der Waals surface area (Å²) < 4.78 is 5.31. The van der Waals surface area contributed by atoms with Crippen molar-refractivity contribution < 1.29 is 14.3 Å². The normalized spacial score (nSPS) is 18.8. The second-order valence-electron chi connectivity index (χ2n) is 9.28. The average Bonchev–Trinajstić information content (AvgIpc) is 3.50. The Labute approximate surface area is 230 Å². The van der Waals surface area contributed by atoms with Gasteiger partial charge in [0, 0.05) is 23.6 Å². The van der Waals surface area contributed by atoms with E-state index >= 15 is 0 Å². The van der Waals surface area contributed by atoms with E-state index in [2.05, 4.69) is 10.3 Å². The number of carbonyl (C=O) groups is 2. The number of carbonyl (C=O) groups excluding carboxylic acids is 2. The SMILES string of the molecule is COc1ccc([C@H]2CC(c3ccc(Cl)cc3)=NN2C2=NC(=O)[C@H](CC(=O)Nc3ccc(C)c(C)c3)S2)cc1. The lowest BCUT2D eigenvalue weighted by Crippen LogP contribution is -2.25. The number of hydrogen-bond acceptors (Lipinski definition) is 6. The number of amides is 2. The topological polar surface area (TPSA) is 83.4 Å². The molecule has 3 aromatic rings. The summed E-state index contributed by atoms with van der Waals surface area (Å²) in [4.78, 5) is 29.9. The van der Waals surface area contributed by atoms with Crippen LogP contribution in [0.3, 0.4) is 0 Å². The largest absolute Gasteiger partial charge is 0.497 e. The van der Waals surface area contributed by atoms with Gasteiger partial charge in [0.25, 0.3) is 5.91 Å². The van der Waals surface area contributed by atoms with Crippen LogP contribution in [-0.4, -0.2) is 40.1 Å². The summed E-state index contributed by atoms with van der Waals surface area (Å²) in [5.41, 5.74) is 5.80. The standard InChI is InChI=1S/C29H27ClN4O3S/c1-17-4-11-22(14-18(17)2)31-27(35)16-26-28(36)32-29(38-26)34-25(20-7-12-23(37-3)13-8-20)15-24(33-34)19-5-9-21(30)10-6-19/h4-14,25-26H,15-16H2,1-3H3,(H,31,35)/t25-,26+/m1/s1. The number of rotatable bonds is 6. The molecule has 0 saturated carbocycles. The molecular formula is C29H27ClN4O3S. The Hall–Kier alpha value is -3.62. The summed E-state index contributed by atoms with van der Waals surface area (Å²) in [6, 6.07) is 20.9. The van der Waals surface area contributed by atoms with Crippen LogP contribution in [0, 0.1) is 13.8 Å². The number of ether oxygens (including phenoxy) is 1. The number of anilines is 1. The number of hydrazone groups is 1. The zero-order chi connectivity index (χ0) is 26.8. The number of nitrogens with one attached hydrogen (secondary N) is 1. The fraction of sp³-hybridized carbons (Fsp3) is 0.241. The Morgan fingerprint density at radius 1 is 1.08 bits per heavy atom. The Bertz CT molecular complexity index is 1440. The molecule has 38 heavy (non-hydrogen) atoms. The lowest BCUT2D eigenvalue weighted by molar-refractivity contribution is -0.121. The van der Waals surface area contributed by atoms with E-state index in [-0.39, 0.29) is 24.3 Å². The molecule has 0 aromatic heterocycles. The van der Waals surface area contributed by atoms with Gasteiger partial charge in [-0.2, -0.15) is 10.1 Å². The molecule has 0 aliphatic carbocycles. The highest BCUT2D eigenvalue weighted by Gasteiger charge is 2.39. The first kappa shape index (κ1) is 26.0. The minimum absolute atomic E-state index is 0.0260. The summed E-state index contributed by atoms with van der Waals surface area (Å²) in [5.74, 6) is 0.202. The van der Waals surface area contributed by atoms with E-state index < -0.39 is 5.25 Å². The quantitative estimate of drug-likeness (QED) is 0.401. The number of nitrogens with zero attached hydrogens (tertiary/aromatic N) is 3.